The van der Waals surface area contributed by atoms with E-state index in [-0.39, 0.29) is 0 Å². The van der Waals surface area contributed by atoms with Crippen molar-refractivity contribution in [1.29, 1.82) is 0 Å². The molecule has 0 fully saturated rings. The van der Waals surface area contributed by atoms with E-state index in [2.05, 4.69) is 15.6 Å². The van der Waals surface area contributed by atoms with Gasteiger partial charge in [0, 0.05) is 14.2 Å². The molecular weight excluding hydrogens is 240 g/mol. The van der Waals surface area contributed by atoms with E-state index in [0.29, 0.717) is 18.2 Å². The lowest BCUT2D eigenvalue weighted by atomic mass is 10.3. The number of aliphatic hydroxyl groups excluding tert-OH is 2. The minimum Gasteiger partial charge on any atom is -0.385 e. The molecule has 0 amide bonds. The Bertz CT molecular complexity index is 337. The molecule has 1 rings (SSSR count). The molecule has 0 aromatic carbocycles. The van der Waals surface area contributed by atoms with Crippen LogP contribution >= 0.6 is 0 Å². The van der Waals surface area contributed by atoms with Gasteiger partial charge in [-0.2, -0.15) is 0 Å². The third-order valence-corrected chi connectivity index (χ3v) is 2.40. The second-order valence-corrected chi connectivity index (χ2v) is 3.87. The van der Waals surface area contributed by atoms with Crippen molar-refractivity contribution in [3.05, 3.63) is 11.6 Å². The number of nitrogens with zero attached hydrogens (tertiary/aromatic N) is 3. The van der Waals surface area contributed by atoms with Crippen LogP contribution in [0.1, 0.15) is 37.7 Å². The van der Waals surface area contributed by atoms with E-state index in [4.69, 9.17) is 9.47 Å². The summed E-state index contributed by atoms with van der Waals surface area (Å²) >= 11 is 0. The molecule has 8 nitrogen and oxygen atoms in total. The molecule has 2 atom stereocenters. The molecule has 0 radical (unpaired) electrons. The van der Waals surface area contributed by atoms with Crippen LogP contribution in [0.25, 0.3) is 0 Å². The molecular formula is C10H20N4O4. The third kappa shape index (κ3) is 3.39. The average molecular weight is 260 g/mol. The van der Waals surface area contributed by atoms with E-state index < -0.39 is 18.5 Å². The van der Waals surface area contributed by atoms with Crippen LogP contribution in [0.2, 0.25) is 0 Å². The molecule has 1 aromatic heterocycles. The topological polar surface area (TPSA) is 102 Å². The molecule has 18 heavy (non-hydrogen) atoms. The molecule has 0 aliphatic carbocycles. The molecule has 0 saturated carbocycles. The van der Waals surface area contributed by atoms with Gasteiger partial charge in [0.1, 0.15) is 12.2 Å². The second kappa shape index (κ2) is 6.64. The van der Waals surface area contributed by atoms with Crippen molar-refractivity contribution in [2.24, 2.45) is 0 Å². The first-order chi connectivity index (χ1) is 8.51. The summed E-state index contributed by atoms with van der Waals surface area (Å²) in [6.45, 7) is 3.46. The van der Waals surface area contributed by atoms with E-state index >= 15 is 0 Å². The van der Waals surface area contributed by atoms with Crippen LogP contribution in [0.4, 0.5) is 0 Å². The molecule has 0 spiro atoms. The standard InChI is InChI=1S/C10H20N4O4/c1-6(15)9-12-13-10(7(2)16)14(9)11-5-8(17-3)18-4/h6-8,11,15-16H,5H2,1-4H3/t6-,7-/m0/s1. The number of nitrogens with one attached hydrogen (secondary N) is 1. The second-order valence-electron chi connectivity index (χ2n) is 3.87. The van der Waals surface area contributed by atoms with Crippen molar-refractivity contribution in [2.45, 2.75) is 32.3 Å². The molecule has 1 aromatic rings. The molecule has 0 saturated heterocycles. The Balaban J connectivity index is 2.86. The average Bonchev–Trinajstić information content (AvgIpc) is 2.74. The minimum atomic E-state index is -0.805. The first kappa shape index (κ1) is 14.8. The maximum atomic E-state index is 9.57. The fraction of sp³-hybridized carbons (Fsp3) is 0.800. The van der Waals surface area contributed by atoms with Gasteiger partial charge in [-0.25, -0.2) is 4.68 Å². The van der Waals surface area contributed by atoms with Gasteiger partial charge in [-0.1, -0.05) is 0 Å². The van der Waals surface area contributed by atoms with Crippen LogP contribution in [0.5, 0.6) is 0 Å². The van der Waals surface area contributed by atoms with Crippen molar-refractivity contribution in [1.82, 2.24) is 14.9 Å². The van der Waals surface area contributed by atoms with E-state index in [1.165, 1.54) is 18.9 Å². The Morgan fingerprint density at radius 1 is 1.11 bits per heavy atom. The highest BCUT2D eigenvalue weighted by Gasteiger charge is 2.19. The lowest BCUT2D eigenvalue weighted by Gasteiger charge is -2.19. The van der Waals surface area contributed by atoms with Crippen LogP contribution in [0.3, 0.4) is 0 Å². The summed E-state index contributed by atoms with van der Waals surface area (Å²) < 4.78 is 11.5. The maximum absolute atomic E-state index is 9.57. The first-order valence-corrected chi connectivity index (χ1v) is 5.62. The highest BCUT2D eigenvalue weighted by molar-refractivity contribution is 5.03. The van der Waals surface area contributed by atoms with Crippen LogP contribution in [0, 0.1) is 0 Å². The zero-order valence-electron chi connectivity index (χ0n) is 11.0. The van der Waals surface area contributed by atoms with Crippen molar-refractivity contribution < 1.29 is 19.7 Å². The van der Waals surface area contributed by atoms with Crippen molar-refractivity contribution in [3.63, 3.8) is 0 Å². The predicted molar refractivity (Wildman–Crippen MR) is 63.3 cm³/mol. The largest absolute Gasteiger partial charge is 0.385 e. The summed E-state index contributed by atoms with van der Waals surface area (Å²) in [6, 6.07) is 0. The fourth-order valence-electron chi connectivity index (χ4n) is 1.44. The summed E-state index contributed by atoms with van der Waals surface area (Å²) in [5, 5.41) is 26.8. The van der Waals surface area contributed by atoms with E-state index in [9.17, 15) is 10.2 Å². The Morgan fingerprint density at radius 2 is 1.56 bits per heavy atom. The van der Waals surface area contributed by atoms with Gasteiger partial charge in [0.05, 0.1) is 6.54 Å². The quantitative estimate of drug-likeness (QED) is 0.570. The molecule has 0 unspecified atom stereocenters. The zero-order valence-corrected chi connectivity index (χ0v) is 11.0. The normalized spacial score (nSPS) is 14.8. The highest BCUT2D eigenvalue weighted by atomic mass is 16.7. The Hall–Kier alpha value is -1.22. The molecule has 0 aliphatic rings. The van der Waals surface area contributed by atoms with Crippen LogP contribution in [-0.2, 0) is 9.47 Å². The Kier molecular flexibility index (Phi) is 5.48. The molecule has 3 N–H and O–H groups in total. The monoisotopic (exact) mass is 260 g/mol. The van der Waals surface area contributed by atoms with E-state index in [0.717, 1.165) is 0 Å². The van der Waals surface area contributed by atoms with E-state index in [1.54, 1.807) is 13.8 Å². The Labute approximate surface area is 106 Å². The van der Waals surface area contributed by atoms with Gasteiger partial charge in [0.25, 0.3) is 0 Å². The van der Waals surface area contributed by atoms with Crippen molar-refractivity contribution >= 4 is 0 Å². The fourth-order valence-corrected chi connectivity index (χ4v) is 1.44. The number of rotatable bonds is 7. The number of aliphatic hydroxyl groups is 2. The Morgan fingerprint density at radius 3 is 1.89 bits per heavy atom. The van der Waals surface area contributed by atoms with Crippen LogP contribution in [0.15, 0.2) is 0 Å². The number of aromatic nitrogens is 3. The van der Waals surface area contributed by atoms with Crippen molar-refractivity contribution in [3.8, 4) is 0 Å². The number of ether oxygens (including phenoxy) is 2. The van der Waals surface area contributed by atoms with Gasteiger partial charge in [-0.3, -0.25) is 0 Å². The van der Waals surface area contributed by atoms with Gasteiger partial charge >= 0.3 is 0 Å². The maximum Gasteiger partial charge on any atom is 0.180 e. The molecule has 8 heteroatoms. The number of hydrogen-bond acceptors (Lipinski definition) is 7. The number of hydrogen-bond donors (Lipinski definition) is 3. The lowest BCUT2D eigenvalue weighted by Crippen LogP contribution is -2.31. The first-order valence-electron chi connectivity index (χ1n) is 5.62. The van der Waals surface area contributed by atoms with Crippen LogP contribution in [-0.4, -0.2) is 52.1 Å². The van der Waals surface area contributed by atoms with E-state index in [1.807, 2.05) is 0 Å². The summed E-state index contributed by atoms with van der Waals surface area (Å²) in [7, 11) is 3.04. The summed E-state index contributed by atoms with van der Waals surface area (Å²) in [5.74, 6) is 0.633. The van der Waals surface area contributed by atoms with Gasteiger partial charge in [0.2, 0.25) is 0 Å². The van der Waals surface area contributed by atoms with Gasteiger partial charge in [-0.15, -0.1) is 10.2 Å². The molecule has 1 heterocycles. The minimum absolute atomic E-state index is 0.317. The lowest BCUT2D eigenvalue weighted by molar-refractivity contribution is -0.0929. The van der Waals surface area contributed by atoms with Crippen molar-refractivity contribution in [2.75, 3.05) is 26.2 Å². The molecule has 0 aliphatic heterocycles. The summed E-state index contributed by atoms with van der Waals surface area (Å²) in [6.07, 6.45) is -2.06. The SMILES string of the molecule is COC(CNn1c([C@H](C)O)nnc1[C@H](C)O)OC. The predicted octanol–water partition coefficient (Wildman–Crippen LogP) is -0.453. The van der Waals surface area contributed by atoms with Crippen LogP contribution < -0.4 is 5.43 Å². The molecule has 0 bridgehead atoms. The smallest absolute Gasteiger partial charge is 0.180 e. The van der Waals surface area contributed by atoms with Gasteiger partial charge < -0.3 is 25.1 Å². The summed E-state index contributed by atoms with van der Waals surface area (Å²) in [5.41, 5.74) is 2.95. The summed E-state index contributed by atoms with van der Waals surface area (Å²) in [4.78, 5) is 0. The zero-order chi connectivity index (χ0) is 13.7. The highest BCUT2D eigenvalue weighted by Crippen LogP contribution is 2.14. The van der Waals surface area contributed by atoms with Gasteiger partial charge in [0.15, 0.2) is 17.9 Å². The third-order valence-electron chi connectivity index (χ3n) is 2.40. The number of methoxy groups -OCH3 is 2. The van der Waals surface area contributed by atoms with Gasteiger partial charge in [-0.05, 0) is 13.8 Å². The molecule has 104 valence electrons.